The van der Waals surface area contributed by atoms with Gasteiger partial charge in [-0.1, -0.05) is 0 Å². The SMILES string of the molecule is CC1(N(F)F)C[NH2+]CC(C)(N(F)F)C[NH2+]C1. The molecule has 0 radical (unpaired) electrons. The van der Waals surface area contributed by atoms with Gasteiger partial charge in [0.2, 0.25) is 0 Å². The van der Waals surface area contributed by atoms with Crippen LogP contribution in [0.1, 0.15) is 13.8 Å². The molecule has 0 unspecified atom stereocenters. The van der Waals surface area contributed by atoms with Gasteiger partial charge in [-0.2, -0.15) is 0 Å². The van der Waals surface area contributed by atoms with Crippen molar-refractivity contribution < 1.29 is 28.6 Å². The fourth-order valence-corrected chi connectivity index (χ4v) is 1.83. The Labute approximate surface area is 91.3 Å². The quantitative estimate of drug-likeness (QED) is 0.474. The predicted octanol–water partition coefficient (Wildman–Crippen LogP) is -1.21. The molecule has 96 valence electrons. The molecule has 0 amide bonds. The van der Waals surface area contributed by atoms with Crippen LogP contribution in [0.25, 0.3) is 0 Å². The Hall–Kier alpha value is -0.440. The van der Waals surface area contributed by atoms with Gasteiger partial charge in [0.05, 0.1) is 0 Å². The van der Waals surface area contributed by atoms with E-state index in [0.717, 1.165) is 0 Å². The first-order valence-electron chi connectivity index (χ1n) is 5.17. The summed E-state index contributed by atoms with van der Waals surface area (Å²) < 4.78 is 50.4. The molecule has 4 N–H and O–H groups in total. The van der Waals surface area contributed by atoms with Crippen LogP contribution in [0, 0.1) is 0 Å². The fourth-order valence-electron chi connectivity index (χ4n) is 1.83. The second-order valence-corrected chi connectivity index (χ2v) is 4.85. The van der Waals surface area contributed by atoms with Gasteiger partial charge in [0.1, 0.15) is 26.2 Å². The van der Waals surface area contributed by atoms with E-state index in [1.807, 2.05) is 0 Å². The second kappa shape index (κ2) is 4.82. The van der Waals surface area contributed by atoms with Crippen molar-refractivity contribution in [1.82, 2.24) is 10.7 Å². The maximum atomic E-state index is 12.6. The van der Waals surface area contributed by atoms with Crippen LogP contribution in [-0.4, -0.2) is 47.9 Å². The summed E-state index contributed by atoms with van der Waals surface area (Å²) in [5.74, 6) is 0. The molecule has 0 aromatic rings. The van der Waals surface area contributed by atoms with E-state index in [1.165, 1.54) is 24.5 Å². The number of halogens is 4. The molecule has 0 aliphatic carbocycles. The van der Waals surface area contributed by atoms with Gasteiger partial charge < -0.3 is 10.6 Å². The van der Waals surface area contributed by atoms with Crippen molar-refractivity contribution in [3.05, 3.63) is 0 Å². The molecule has 0 aromatic carbocycles. The molecule has 1 saturated heterocycles. The van der Waals surface area contributed by atoms with Crippen LogP contribution in [0.4, 0.5) is 17.9 Å². The van der Waals surface area contributed by atoms with Gasteiger partial charge in [0, 0.05) is 10.7 Å². The Morgan fingerprint density at radius 2 is 1.00 bits per heavy atom. The third-order valence-corrected chi connectivity index (χ3v) is 3.15. The van der Waals surface area contributed by atoms with E-state index in [-0.39, 0.29) is 26.2 Å². The molecule has 8 heteroatoms. The summed E-state index contributed by atoms with van der Waals surface area (Å²) in [6, 6.07) is 0. The summed E-state index contributed by atoms with van der Waals surface area (Å²) >= 11 is 0. The molecule has 1 heterocycles. The van der Waals surface area contributed by atoms with E-state index in [0.29, 0.717) is 0 Å². The van der Waals surface area contributed by atoms with Crippen molar-refractivity contribution in [1.29, 1.82) is 0 Å². The molecule has 1 aliphatic heterocycles. The van der Waals surface area contributed by atoms with Gasteiger partial charge in [-0.25, -0.2) is 0 Å². The first kappa shape index (κ1) is 13.6. The van der Waals surface area contributed by atoms with E-state index < -0.39 is 21.8 Å². The van der Waals surface area contributed by atoms with Crippen LogP contribution in [-0.2, 0) is 0 Å². The number of quaternary nitrogens is 2. The molecule has 0 atom stereocenters. The fraction of sp³-hybridized carbons (Fsp3) is 1.00. The second-order valence-electron chi connectivity index (χ2n) is 4.85. The van der Waals surface area contributed by atoms with Crippen LogP contribution in [0.5, 0.6) is 0 Å². The molecular weight excluding hydrogens is 228 g/mol. The molecule has 1 rings (SSSR count). The molecule has 1 fully saturated rings. The van der Waals surface area contributed by atoms with E-state index in [4.69, 9.17) is 0 Å². The van der Waals surface area contributed by atoms with Crippen LogP contribution in [0.15, 0.2) is 0 Å². The van der Waals surface area contributed by atoms with Crippen LogP contribution in [0.3, 0.4) is 0 Å². The van der Waals surface area contributed by atoms with Gasteiger partial charge in [0.25, 0.3) is 0 Å². The molecule has 1 aliphatic rings. The molecule has 0 saturated carbocycles. The van der Waals surface area contributed by atoms with Crippen molar-refractivity contribution in [3.63, 3.8) is 0 Å². The van der Waals surface area contributed by atoms with Gasteiger partial charge in [-0.3, -0.25) is 0 Å². The van der Waals surface area contributed by atoms with Crippen LogP contribution >= 0.6 is 0 Å². The molecule has 0 spiro atoms. The lowest BCUT2D eigenvalue weighted by Crippen LogP contribution is -3.03. The van der Waals surface area contributed by atoms with Crippen molar-refractivity contribution >= 4 is 0 Å². The minimum atomic E-state index is -1.27. The minimum Gasteiger partial charge on any atom is -0.342 e. The number of hydrogen-bond donors (Lipinski definition) is 2. The lowest BCUT2D eigenvalue weighted by Gasteiger charge is -2.33. The topological polar surface area (TPSA) is 39.7 Å². The lowest BCUT2D eigenvalue weighted by molar-refractivity contribution is -0.741. The van der Waals surface area contributed by atoms with Gasteiger partial charge >= 0.3 is 0 Å². The van der Waals surface area contributed by atoms with Gasteiger partial charge in [-0.15, -0.1) is 17.9 Å². The summed E-state index contributed by atoms with van der Waals surface area (Å²) in [5.41, 5.74) is -2.53. The monoisotopic (exact) mass is 246 g/mol. The Bertz CT molecular complexity index is 204. The normalized spacial score (nSPS) is 37.5. The maximum absolute atomic E-state index is 12.6. The zero-order chi connectivity index (χ0) is 12.4. The van der Waals surface area contributed by atoms with Crippen molar-refractivity contribution in [2.45, 2.75) is 24.9 Å². The number of nitrogens with zero attached hydrogens (tertiary/aromatic N) is 2. The summed E-state index contributed by atoms with van der Waals surface area (Å²) in [7, 11) is 0. The van der Waals surface area contributed by atoms with Crippen LogP contribution < -0.4 is 10.6 Å². The predicted molar refractivity (Wildman–Crippen MR) is 48.2 cm³/mol. The van der Waals surface area contributed by atoms with E-state index in [2.05, 4.69) is 0 Å². The average molecular weight is 246 g/mol. The van der Waals surface area contributed by atoms with Crippen molar-refractivity contribution in [3.8, 4) is 0 Å². The van der Waals surface area contributed by atoms with Crippen molar-refractivity contribution in [2.75, 3.05) is 26.2 Å². The van der Waals surface area contributed by atoms with E-state index in [1.54, 1.807) is 0 Å². The molecule has 4 nitrogen and oxygen atoms in total. The standard InChI is InChI=1S/C8H16F4N4/c1-7(15(9)10)3-13-5-8(2,16(11)12)6-14-4-7/h13-14H,3-6H2,1-2H3/p+2. The third kappa shape index (κ3) is 2.82. The first-order valence-corrected chi connectivity index (χ1v) is 5.17. The third-order valence-electron chi connectivity index (χ3n) is 3.15. The number of hydrogen-bond acceptors (Lipinski definition) is 2. The minimum absolute atomic E-state index is 0.0972. The summed E-state index contributed by atoms with van der Waals surface area (Å²) in [4.78, 5) is 0. The van der Waals surface area contributed by atoms with Gasteiger partial charge in [-0.05, 0) is 13.8 Å². The Balaban J connectivity index is 2.63. The molecule has 0 bridgehead atoms. The summed E-state index contributed by atoms with van der Waals surface area (Å²) in [6.45, 7) is 3.23. The smallest absolute Gasteiger partial charge is 0.178 e. The van der Waals surface area contributed by atoms with E-state index >= 15 is 0 Å². The highest BCUT2D eigenvalue weighted by atomic mass is 19.4. The Morgan fingerprint density at radius 3 is 1.19 bits per heavy atom. The average Bonchev–Trinajstić information content (AvgIpc) is 2.14. The summed E-state index contributed by atoms with van der Waals surface area (Å²) in [6.07, 6.45) is 0. The van der Waals surface area contributed by atoms with Gasteiger partial charge in [0.15, 0.2) is 11.1 Å². The molecular formula is C8H18F4N4+2. The van der Waals surface area contributed by atoms with Crippen molar-refractivity contribution in [2.24, 2.45) is 0 Å². The zero-order valence-corrected chi connectivity index (χ0v) is 9.39. The number of nitrogens with two attached hydrogens (primary N) is 2. The Morgan fingerprint density at radius 1 is 0.750 bits per heavy atom. The molecule has 0 aromatic heterocycles. The number of rotatable bonds is 2. The highest BCUT2D eigenvalue weighted by molar-refractivity contribution is 4.81. The maximum Gasteiger partial charge on any atom is 0.178 e. The highest BCUT2D eigenvalue weighted by Crippen LogP contribution is 2.15. The zero-order valence-electron chi connectivity index (χ0n) is 9.39. The van der Waals surface area contributed by atoms with Crippen LogP contribution in [0.2, 0.25) is 0 Å². The first-order chi connectivity index (χ1) is 7.30. The van der Waals surface area contributed by atoms with E-state index in [9.17, 15) is 17.9 Å². The lowest BCUT2D eigenvalue weighted by atomic mass is 9.97. The summed E-state index contributed by atoms with van der Waals surface area (Å²) in [5, 5.41) is 1.38. The largest absolute Gasteiger partial charge is 0.342 e. The highest BCUT2D eigenvalue weighted by Gasteiger charge is 2.45. The molecule has 16 heavy (non-hydrogen) atoms. The Kier molecular flexibility index (Phi) is 4.11.